The van der Waals surface area contributed by atoms with Crippen LogP contribution in [-0.2, 0) is 6.54 Å². The van der Waals surface area contributed by atoms with E-state index in [4.69, 9.17) is 16.6 Å². The van der Waals surface area contributed by atoms with Crippen LogP contribution in [0.1, 0.15) is 5.82 Å². The first-order valence-corrected chi connectivity index (χ1v) is 7.37. The van der Waals surface area contributed by atoms with E-state index >= 15 is 0 Å². The third kappa shape index (κ3) is 2.27. The molecule has 4 aromatic rings. The van der Waals surface area contributed by atoms with Crippen LogP contribution in [0.15, 0.2) is 67.3 Å². The first-order chi connectivity index (χ1) is 10.8. The minimum atomic E-state index is 0.664. The zero-order chi connectivity index (χ0) is 14.9. The standard InChI is InChI=1S/C17H13ClN4/c18-13-5-7-14(8-6-13)22-16-4-2-1-3-15(16)20-17(22)11-21-10-9-19-12-21/h1-10,12H,11H2. The monoisotopic (exact) mass is 308 g/mol. The summed E-state index contributed by atoms with van der Waals surface area (Å²) in [5.41, 5.74) is 3.11. The van der Waals surface area contributed by atoms with Gasteiger partial charge >= 0.3 is 0 Å². The molecule has 2 heterocycles. The largest absolute Gasteiger partial charge is 0.330 e. The summed E-state index contributed by atoms with van der Waals surface area (Å²) in [7, 11) is 0. The summed E-state index contributed by atoms with van der Waals surface area (Å²) < 4.78 is 4.17. The van der Waals surface area contributed by atoms with Crippen molar-refractivity contribution in [3.8, 4) is 5.69 Å². The molecule has 0 aliphatic heterocycles. The number of aromatic nitrogens is 4. The van der Waals surface area contributed by atoms with E-state index in [1.54, 1.807) is 12.5 Å². The molecule has 2 aromatic heterocycles. The summed E-state index contributed by atoms with van der Waals surface area (Å²) in [4.78, 5) is 8.86. The molecule has 0 unspecified atom stereocenters. The van der Waals surface area contributed by atoms with Gasteiger partial charge in [-0.25, -0.2) is 9.97 Å². The van der Waals surface area contributed by atoms with Gasteiger partial charge in [0.25, 0.3) is 0 Å². The number of hydrogen-bond donors (Lipinski definition) is 0. The molecule has 0 saturated carbocycles. The highest BCUT2D eigenvalue weighted by molar-refractivity contribution is 6.30. The van der Waals surface area contributed by atoms with E-state index in [-0.39, 0.29) is 0 Å². The Morgan fingerprint density at radius 2 is 1.82 bits per heavy atom. The highest BCUT2D eigenvalue weighted by atomic mass is 35.5. The third-order valence-corrected chi connectivity index (χ3v) is 3.85. The zero-order valence-electron chi connectivity index (χ0n) is 11.7. The molecule has 108 valence electrons. The van der Waals surface area contributed by atoms with Crippen LogP contribution in [0.25, 0.3) is 16.7 Å². The topological polar surface area (TPSA) is 35.6 Å². The Balaban J connectivity index is 1.91. The number of para-hydroxylation sites is 2. The van der Waals surface area contributed by atoms with Gasteiger partial charge in [0.1, 0.15) is 5.82 Å². The number of nitrogens with zero attached hydrogens (tertiary/aromatic N) is 4. The van der Waals surface area contributed by atoms with E-state index in [2.05, 4.69) is 15.6 Å². The molecular formula is C17H13ClN4. The Labute approximate surface area is 132 Å². The number of imidazole rings is 2. The summed E-state index contributed by atoms with van der Waals surface area (Å²) >= 11 is 6.01. The van der Waals surface area contributed by atoms with Gasteiger partial charge in [-0.1, -0.05) is 23.7 Å². The smallest absolute Gasteiger partial charge is 0.134 e. The lowest BCUT2D eigenvalue weighted by molar-refractivity contribution is 0.733. The minimum Gasteiger partial charge on any atom is -0.330 e. The molecular weight excluding hydrogens is 296 g/mol. The van der Waals surface area contributed by atoms with Crippen molar-refractivity contribution < 1.29 is 0 Å². The molecule has 5 heteroatoms. The molecule has 0 fully saturated rings. The number of rotatable bonds is 3. The van der Waals surface area contributed by atoms with Gasteiger partial charge in [0.2, 0.25) is 0 Å². The summed E-state index contributed by atoms with van der Waals surface area (Å²) in [6, 6.07) is 15.9. The SMILES string of the molecule is Clc1ccc(-n2c(Cn3ccnc3)nc3ccccc32)cc1. The molecule has 0 radical (unpaired) electrons. The maximum Gasteiger partial charge on any atom is 0.134 e. The van der Waals surface area contributed by atoms with Gasteiger partial charge in [0.05, 0.1) is 23.9 Å². The number of halogens is 1. The van der Waals surface area contributed by atoms with E-state index in [1.165, 1.54) is 0 Å². The lowest BCUT2D eigenvalue weighted by Gasteiger charge is -2.10. The Bertz CT molecular complexity index is 908. The Morgan fingerprint density at radius 3 is 2.59 bits per heavy atom. The molecule has 0 aliphatic rings. The molecule has 0 spiro atoms. The number of benzene rings is 2. The third-order valence-electron chi connectivity index (χ3n) is 3.60. The first-order valence-electron chi connectivity index (χ1n) is 6.99. The average Bonchev–Trinajstić information content (AvgIpc) is 3.16. The molecule has 4 rings (SSSR count). The highest BCUT2D eigenvalue weighted by Gasteiger charge is 2.12. The Kier molecular flexibility index (Phi) is 3.16. The fraction of sp³-hybridized carbons (Fsp3) is 0.0588. The van der Waals surface area contributed by atoms with Crippen molar-refractivity contribution in [2.24, 2.45) is 0 Å². The van der Waals surface area contributed by atoms with Crippen LogP contribution in [0.3, 0.4) is 0 Å². The van der Waals surface area contributed by atoms with Gasteiger partial charge in [-0.2, -0.15) is 0 Å². The summed E-state index contributed by atoms with van der Waals surface area (Å²) in [6.07, 6.45) is 5.51. The van der Waals surface area contributed by atoms with Crippen LogP contribution in [0, 0.1) is 0 Å². The second-order valence-corrected chi connectivity index (χ2v) is 5.50. The van der Waals surface area contributed by atoms with Gasteiger partial charge in [0.15, 0.2) is 0 Å². The van der Waals surface area contributed by atoms with Gasteiger partial charge in [-0.3, -0.25) is 4.57 Å². The Morgan fingerprint density at radius 1 is 1.00 bits per heavy atom. The fourth-order valence-corrected chi connectivity index (χ4v) is 2.73. The van der Waals surface area contributed by atoms with E-state index in [0.29, 0.717) is 6.54 Å². The first kappa shape index (κ1) is 13.1. The highest BCUT2D eigenvalue weighted by Crippen LogP contribution is 2.23. The van der Waals surface area contributed by atoms with Crippen molar-refractivity contribution in [2.45, 2.75) is 6.54 Å². The lowest BCUT2D eigenvalue weighted by Crippen LogP contribution is -2.06. The quantitative estimate of drug-likeness (QED) is 0.575. The van der Waals surface area contributed by atoms with Crippen LogP contribution in [0.5, 0.6) is 0 Å². The predicted octanol–water partition coefficient (Wildman–Crippen LogP) is 3.92. The molecule has 0 amide bonds. The lowest BCUT2D eigenvalue weighted by atomic mass is 10.3. The van der Waals surface area contributed by atoms with Crippen molar-refractivity contribution >= 4 is 22.6 Å². The molecule has 4 nitrogen and oxygen atoms in total. The second-order valence-electron chi connectivity index (χ2n) is 5.06. The zero-order valence-corrected chi connectivity index (χ0v) is 12.5. The van der Waals surface area contributed by atoms with Crippen LogP contribution in [0.4, 0.5) is 0 Å². The minimum absolute atomic E-state index is 0.664. The second kappa shape index (κ2) is 5.31. The molecule has 0 saturated heterocycles. The molecule has 0 N–H and O–H groups in total. The molecule has 0 aliphatic carbocycles. The summed E-state index contributed by atoms with van der Waals surface area (Å²) in [5, 5.41) is 0.726. The molecule has 0 atom stereocenters. The van der Waals surface area contributed by atoms with Gasteiger partial charge in [-0.15, -0.1) is 0 Å². The van der Waals surface area contributed by atoms with E-state index in [1.807, 2.05) is 53.2 Å². The van der Waals surface area contributed by atoms with Crippen LogP contribution < -0.4 is 0 Å². The maximum absolute atomic E-state index is 6.01. The average molecular weight is 309 g/mol. The van der Waals surface area contributed by atoms with Gasteiger partial charge in [0, 0.05) is 23.1 Å². The van der Waals surface area contributed by atoms with Crippen molar-refractivity contribution in [3.63, 3.8) is 0 Å². The van der Waals surface area contributed by atoms with Crippen LogP contribution in [-0.4, -0.2) is 19.1 Å². The maximum atomic E-state index is 6.01. The van der Waals surface area contributed by atoms with E-state index in [0.717, 1.165) is 27.6 Å². The normalized spacial score (nSPS) is 11.1. The molecule has 0 bridgehead atoms. The van der Waals surface area contributed by atoms with Gasteiger partial charge in [-0.05, 0) is 36.4 Å². The predicted molar refractivity (Wildman–Crippen MR) is 87.4 cm³/mol. The fourth-order valence-electron chi connectivity index (χ4n) is 2.60. The number of hydrogen-bond acceptors (Lipinski definition) is 2. The Hall–Kier alpha value is -2.59. The number of fused-ring (bicyclic) bond motifs is 1. The van der Waals surface area contributed by atoms with Gasteiger partial charge < -0.3 is 4.57 Å². The van der Waals surface area contributed by atoms with Crippen molar-refractivity contribution in [3.05, 3.63) is 78.1 Å². The molecule has 2 aromatic carbocycles. The van der Waals surface area contributed by atoms with E-state index < -0.39 is 0 Å². The van der Waals surface area contributed by atoms with Crippen LogP contribution in [0.2, 0.25) is 5.02 Å². The van der Waals surface area contributed by atoms with Crippen LogP contribution >= 0.6 is 11.6 Å². The van der Waals surface area contributed by atoms with E-state index in [9.17, 15) is 0 Å². The summed E-state index contributed by atoms with van der Waals surface area (Å²) in [5.74, 6) is 0.960. The molecule has 22 heavy (non-hydrogen) atoms. The van der Waals surface area contributed by atoms with Crippen molar-refractivity contribution in [2.75, 3.05) is 0 Å². The summed E-state index contributed by atoms with van der Waals surface area (Å²) in [6.45, 7) is 0.664. The van der Waals surface area contributed by atoms with Crippen molar-refractivity contribution in [1.29, 1.82) is 0 Å². The van der Waals surface area contributed by atoms with Crippen molar-refractivity contribution in [1.82, 2.24) is 19.1 Å².